The van der Waals surface area contributed by atoms with Crippen LogP contribution in [0.1, 0.15) is 16.8 Å². The number of carbonyl (C=O) groups is 2. The number of amides is 1. The van der Waals surface area contributed by atoms with E-state index in [9.17, 15) is 9.59 Å². The average Bonchev–Trinajstić information content (AvgIpc) is 2.50. The van der Waals surface area contributed by atoms with Gasteiger partial charge in [-0.05, 0) is 24.6 Å². The van der Waals surface area contributed by atoms with Gasteiger partial charge < -0.3 is 20.1 Å². The minimum absolute atomic E-state index is 0.0668. The number of halogens is 1. The van der Waals surface area contributed by atoms with Crippen molar-refractivity contribution in [1.29, 1.82) is 0 Å². The maximum atomic E-state index is 11.6. The van der Waals surface area contributed by atoms with Crippen LogP contribution in [0.3, 0.4) is 0 Å². The number of ether oxygens (including phenoxy) is 2. The molecular weight excluding hydrogens is 296 g/mol. The fourth-order valence-electron chi connectivity index (χ4n) is 1.59. The van der Waals surface area contributed by atoms with Crippen molar-refractivity contribution in [1.82, 2.24) is 5.32 Å². The molecule has 2 N–H and O–H groups in total. The molecule has 0 fully saturated rings. The summed E-state index contributed by atoms with van der Waals surface area (Å²) in [6, 6.07) is 4.68. The van der Waals surface area contributed by atoms with E-state index in [2.05, 4.69) is 15.4 Å². The Morgan fingerprint density at radius 1 is 1.29 bits per heavy atom. The maximum absolute atomic E-state index is 11.6. The van der Waals surface area contributed by atoms with Gasteiger partial charge in [0.25, 0.3) is 0 Å². The molecule has 0 spiro atoms. The fraction of sp³-hybridized carbons (Fsp3) is 0.429. The molecule has 1 rings (SSSR count). The summed E-state index contributed by atoms with van der Waals surface area (Å²) in [5.41, 5.74) is 0.872. The van der Waals surface area contributed by atoms with E-state index in [1.54, 1.807) is 25.3 Å². The average molecular weight is 315 g/mol. The van der Waals surface area contributed by atoms with Crippen LogP contribution >= 0.6 is 11.6 Å². The van der Waals surface area contributed by atoms with Crippen LogP contribution in [-0.4, -0.2) is 45.8 Å². The van der Waals surface area contributed by atoms with Gasteiger partial charge in [-0.15, -0.1) is 0 Å². The standard InChI is InChI=1S/C14H19ClN2O4/c1-20-7-3-6-16-13(18)9-17-12-8-10(14(19)21-2)4-5-11(12)15/h4-5,8,17H,3,6-7,9H2,1-2H3,(H,16,18). The molecule has 6 nitrogen and oxygen atoms in total. The molecule has 0 aliphatic carbocycles. The SMILES string of the molecule is COCCCNC(=O)CNc1cc(C(=O)OC)ccc1Cl. The molecule has 7 heteroatoms. The first-order chi connectivity index (χ1) is 10.1. The largest absolute Gasteiger partial charge is 0.465 e. The number of esters is 1. The summed E-state index contributed by atoms with van der Waals surface area (Å²) in [5, 5.41) is 6.06. The first-order valence-electron chi connectivity index (χ1n) is 6.46. The number of hydrogen-bond donors (Lipinski definition) is 2. The van der Waals surface area contributed by atoms with Gasteiger partial charge in [0.2, 0.25) is 5.91 Å². The lowest BCUT2D eigenvalue weighted by molar-refractivity contribution is -0.119. The predicted octanol–water partition coefficient (Wildman–Crippen LogP) is 1.69. The highest BCUT2D eigenvalue weighted by Crippen LogP contribution is 2.23. The van der Waals surface area contributed by atoms with Gasteiger partial charge in [0.15, 0.2) is 0 Å². The lowest BCUT2D eigenvalue weighted by Crippen LogP contribution is -2.31. The van der Waals surface area contributed by atoms with Gasteiger partial charge in [-0.25, -0.2) is 4.79 Å². The molecule has 0 aliphatic rings. The second kappa shape index (κ2) is 9.20. The van der Waals surface area contributed by atoms with Crippen molar-refractivity contribution >= 4 is 29.2 Å². The zero-order valence-corrected chi connectivity index (χ0v) is 12.8. The Labute approximate surface area is 128 Å². The van der Waals surface area contributed by atoms with Crippen LogP contribution in [0.2, 0.25) is 5.02 Å². The van der Waals surface area contributed by atoms with Crippen molar-refractivity contribution in [3.63, 3.8) is 0 Å². The van der Waals surface area contributed by atoms with Crippen molar-refractivity contribution in [3.8, 4) is 0 Å². The zero-order chi connectivity index (χ0) is 15.7. The minimum Gasteiger partial charge on any atom is -0.465 e. The Hall–Kier alpha value is -1.79. The number of benzene rings is 1. The Balaban J connectivity index is 2.50. The lowest BCUT2D eigenvalue weighted by Gasteiger charge is -2.10. The molecule has 1 aromatic carbocycles. The van der Waals surface area contributed by atoms with Crippen molar-refractivity contribution in [2.75, 3.05) is 39.2 Å². The summed E-state index contributed by atoms with van der Waals surface area (Å²) in [5.74, 6) is -0.621. The molecule has 0 aliphatic heterocycles. The summed E-state index contributed by atoms with van der Waals surface area (Å²) in [6.07, 6.45) is 0.751. The van der Waals surface area contributed by atoms with E-state index in [1.807, 2.05) is 0 Å². The van der Waals surface area contributed by atoms with Crippen molar-refractivity contribution in [3.05, 3.63) is 28.8 Å². The molecule has 0 radical (unpaired) electrons. The van der Waals surface area contributed by atoms with Crippen molar-refractivity contribution in [2.24, 2.45) is 0 Å². The van der Waals surface area contributed by atoms with E-state index in [1.165, 1.54) is 7.11 Å². The van der Waals surface area contributed by atoms with E-state index in [-0.39, 0.29) is 12.5 Å². The van der Waals surface area contributed by atoms with Crippen molar-refractivity contribution in [2.45, 2.75) is 6.42 Å². The minimum atomic E-state index is -0.460. The van der Waals surface area contributed by atoms with Gasteiger partial charge in [0.05, 0.1) is 29.9 Å². The molecule has 0 saturated heterocycles. The molecule has 0 unspecified atom stereocenters. The number of anilines is 1. The van der Waals surface area contributed by atoms with Crippen LogP contribution in [0.25, 0.3) is 0 Å². The fourth-order valence-corrected chi connectivity index (χ4v) is 1.77. The summed E-state index contributed by atoms with van der Waals surface area (Å²) in [6.45, 7) is 1.21. The topological polar surface area (TPSA) is 76.7 Å². The summed E-state index contributed by atoms with van der Waals surface area (Å²) < 4.78 is 9.52. The van der Waals surface area contributed by atoms with Gasteiger partial charge in [-0.3, -0.25) is 4.79 Å². The van der Waals surface area contributed by atoms with Gasteiger partial charge in [-0.1, -0.05) is 11.6 Å². The van der Waals surface area contributed by atoms with E-state index in [0.717, 1.165) is 6.42 Å². The highest BCUT2D eigenvalue weighted by atomic mass is 35.5. The highest BCUT2D eigenvalue weighted by molar-refractivity contribution is 6.33. The second-order valence-electron chi connectivity index (χ2n) is 4.24. The normalized spacial score (nSPS) is 10.0. The molecule has 0 atom stereocenters. The third-order valence-electron chi connectivity index (χ3n) is 2.67. The third kappa shape index (κ3) is 6.01. The number of carbonyl (C=O) groups excluding carboxylic acids is 2. The van der Waals surface area contributed by atoms with E-state index in [4.69, 9.17) is 16.3 Å². The molecule has 0 bridgehead atoms. The van der Waals surface area contributed by atoms with Crippen LogP contribution in [0.4, 0.5) is 5.69 Å². The van der Waals surface area contributed by atoms with Gasteiger partial charge in [0, 0.05) is 20.3 Å². The highest BCUT2D eigenvalue weighted by Gasteiger charge is 2.09. The van der Waals surface area contributed by atoms with Crippen LogP contribution in [0.15, 0.2) is 18.2 Å². The Morgan fingerprint density at radius 2 is 2.05 bits per heavy atom. The third-order valence-corrected chi connectivity index (χ3v) is 3.00. The summed E-state index contributed by atoms with van der Waals surface area (Å²) in [7, 11) is 2.91. The zero-order valence-electron chi connectivity index (χ0n) is 12.1. The predicted molar refractivity (Wildman–Crippen MR) is 80.8 cm³/mol. The number of nitrogens with one attached hydrogen (secondary N) is 2. The Morgan fingerprint density at radius 3 is 2.71 bits per heavy atom. The van der Waals surface area contributed by atoms with E-state index < -0.39 is 5.97 Å². The van der Waals surface area contributed by atoms with E-state index >= 15 is 0 Å². The summed E-state index contributed by atoms with van der Waals surface area (Å²) >= 11 is 6.01. The molecule has 0 saturated carbocycles. The smallest absolute Gasteiger partial charge is 0.337 e. The quantitative estimate of drug-likeness (QED) is 0.564. The number of hydrogen-bond acceptors (Lipinski definition) is 5. The molecule has 1 amide bonds. The molecule has 0 aromatic heterocycles. The number of methoxy groups -OCH3 is 2. The van der Waals surface area contributed by atoms with Gasteiger partial charge in [0.1, 0.15) is 0 Å². The molecule has 21 heavy (non-hydrogen) atoms. The second-order valence-corrected chi connectivity index (χ2v) is 4.64. The molecule has 116 valence electrons. The van der Waals surface area contributed by atoms with Crippen LogP contribution in [0, 0.1) is 0 Å². The van der Waals surface area contributed by atoms with Gasteiger partial charge >= 0.3 is 5.97 Å². The van der Waals surface area contributed by atoms with Gasteiger partial charge in [-0.2, -0.15) is 0 Å². The molecular formula is C14H19ClN2O4. The molecule has 0 heterocycles. The van der Waals surface area contributed by atoms with Crippen LogP contribution in [-0.2, 0) is 14.3 Å². The first kappa shape index (κ1) is 17.3. The van der Waals surface area contributed by atoms with Crippen LogP contribution < -0.4 is 10.6 Å². The molecule has 1 aromatic rings. The maximum Gasteiger partial charge on any atom is 0.337 e. The lowest BCUT2D eigenvalue weighted by atomic mass is 10.2. The monoisotopic (exact) mass is 314 g/mol. The summed E-state index contributed by atoms with van der Waals surface area (Å²) in [4.78, 5) is 23.1. The van der Waals surface area contributed by atoms with E-state index in [0.29, 0.717) is 29.4 Å². The Kier molecular flexibility index (Phi) is 7.56. The number of rotatable bonds is 8. The van der Waals surface area contributed by atoms with Crippen molar-refractivity contribution < 1.29 is 19.1 Å². The first-order valence-corrected chi connectivity index (χ1v) is 6.83. The van der Waals surface area contributed by atoms with Crippen LogP contribution in [0.5, 0.6) is 0 Å². The Bertz CT molecular complexity index is 494.